The molecule has 0 aromatic heterocycles. The highest BCUT2D eigenvalue weighted by atomic mass is 16.5. The molecule has 0 bridgehead atoms. The van der Waals surface area contributed by atoms with Gasteiger partial charge < -0.3 is 4.74 Å². The topological polar surface area (TPSA) is 9.23 Å². The van der Waals surface area contributed by atoms with Crippen LogP contribution in [0.4, 0.5) is 0 Å². The molecule has 1 unspecified atom stereocenters. The highest BCUT2D eigenvalue weighted by molar-refractivity contribution is 5.39. The number of methoxy groups -OCH3 is 1. The van der Waals surface area contributed by atoms with Gasteiger partial charge in [-0.25, -0.2) is 0 Å². The van der Waals surface area contributed by atoms with Crippen LogP contribution in [0.1, 0.15) is 25.0 Å². The molecule has 14 heavy (non-hydrogen) atoms. The van der Waals surface area contributed by atoms with Crippen molar-refractivity contribution in [2.24, 2.45) is 11.8 Å². The summed E-state index contributed by atoms with van der Waals surface area (Å²) in [7, 11) is 1.73. The van der Waals surface area contributed by atoms with E-state index in [9.17, 15) is 0 Å². The van der Waals surface area contributed by atoms with E-state index in [4.69, 9.17) is 4.74 Å². The SMILES string of the molecule is COc1ccc2c(c1)CC(C(C)C)C2. The number of rotatable bonds is 2. The van der Waals surface area contributed by atoms with E-state index in [1.165, 1.54) is 24.0 Å². The van der Waals surface area contributed by atoms with Crippen LogP contribution in [-0.4, -0.2) is 7.11 Å². The lowest BCUT2D eigenvalue weighted by atomic mass is 9.93. The van der Waals surface area contributed by atoms with Gasteiger partial charge in [0.15, 0.2) is 0 Å². The molecule has 1 aliphatic rings. The fourth-order valence-electron chi connectivity index (χ4n) is 2.23. The summed E-state index contributed by atoms with van der Waals surface area (Å²) >= 11 is 0. The van der Waals surface area contributed by atoms with Crippen molar-refractivity contribution in [1.29, 1.82) is 0 Å². The van der Waals surface area contributed by atoms with Crippen LogP contribution in [0.2, 0.25) is 0 Å². The molecule has 0 heterocycles. The Labute approximate surface area is 86.1 Å². The van der Waals surface area contributed by atoms with E-state index in [1.807, 2.05) is 0 Å². The zero-order chi connectivity index (χ0) is 10.1. The predicted molar refractivity (Wildman–Crippen MR) is 58.7 cm³/mol. The standard InChI is InChI=1S/C13H18O/c1-9(2)11-6-10-4-5-13(14-3)8-12(10)7-11/h4-5,8-9,11H,6-7H2,1-3H3. The molecule has 1 aliphatic carbocycles. The molecular weight excluding hydrogens is 172 g/mol. The molecule has 0 fully saturated rings. The molecule has 0 saturated heterocycles. The maximum atomic E-state index is 5.24. The average molecular weight is 190 g/mol. The van der Waals surface area contributed by atoms with E-state index in [0.29, 0.717) is 0 Å². The first-order valence-electron chi connectivity index (χ1n) is 5.36. The Bertz CT molecular complexity index is 328. The first kappa shape index (κ1) is 9.57. The van der Waals surface area contributed by atoms with Crippen LogP contribution in [0, 0.1) is 11.8 Å². The molecule has 1 heteroatoms. The lowest BCUT2D eigenvalue weighted by molar-refractivity contribution is 0.402. The molecule has 1 aromatic carbocycles. The molecule has 0 aliphatic heterocycles. The number of hydrogen-bond acceptors (Lipinski definition) is 1. The number of ether oxygens (including phenoxy) is 1. The van der Waals surface area contributed by atoms with Gasteiger partial charge in [0, 0.05) is 0 Å². The summed E-state index contributed by atoms with van der Waals surface area (Å²) in [4.78, 5) is 0. The lowest BCUT2D eigenvalue weighted by Gasteiger charge is -2.12. The maximum Gasteiger partial charge on any atom is 0.119 e. The van der Waals surface area contributed by atoms with Crippen LogP contribution in [0.3, 0.4) is 0 Å². The largest absolute Gasteiger partial charge is 0.497 e. The van der Waals surface area contributed by atoms with Crippen molar-refractivity contribution in [1.82, 2.24) is 0 Å². The van der Waals surface area contributed by atoms with Crippen LogP contribution in [0.25, 0.3) is 0 Å². The summed E-state index contributed by atoms with van der Waals surface area (Å²) in [5.74, 6) is 2.61. The highest BCUT2D eigenvalue weighted by Gasteiger charge is 2.23. The van der Waals surface area contributed by atoms with Crippen LogP contribution in [-0.2, 0) is 12.8 Å². The van der Waals surface area contributed by atoms with Gasteiger partial charge in [-0.1, -0.05) is 19.9 Å². The molecule has 0 spiro atoms. The van der Waals surface area contributed by atoms with Crippen molar-refractivity contribution in [3.8, 4) is 5.75 Å². The average Bonchev–Trinajstić information content (AvgIpc) is 2.59. The summed E-state index contributed by atoms with van der Waals surface area (Å²) in [5.41, 5.74) is 3.01. The Hall–Kier alpha value is -0.980. The van der Waals surface area contributed by atoms with E-state index < -0.39 is 0 Å². The molecular formula is C13H18O. The molecule has 2 rings (SSSR count). The van der Waals surface area contributed by atoms with E-state index in [2.05, 4.69) is 32.0 Å². The molecule has 1 aromatic rings. The van der Waals surface area contributed by atoms with Gasteiger partial charge in [0.25, 0.3) is 0 Å². The molecule has 0 saturated carbocycles. The third-order valence-corrected chi connectivity index (χ3v) is 3.32. The summed E-state index contributed by atoms with van der Waals surface area (Å²) in [5, 5.41) is 0. The minimum atomic E-state index is 0.786. The predicted octanol–water partition coefficient (Wildman–Crippen LogP) is 3.07. The second-order valence-corrected chi connectivity index (χ2v) is 4.55. The van der Waals surface area contributed by atoms with E-state index >= 15 is 0 Å². The quantitative estimate of drug-likeness (QED) is 0.696. The van der Waals surface area contributed by atoms with Gasteiger partial charge in [-0.15, -0.1) is 0 Å². The van der Waals surface area contributed by atoms with Gasteiger partial charge in [0.05, 0.1) is 7.11 Å². The van der Waals surface area contributed by atoms with Gasteiger partial charge in [-0.05, 0) is 47.9 Å². The first-order chi connectivity index (χ1) is 6.70. The second kappa shape index (κ2) is 3.64. The Kier molecular flexibility index (Phi) is 2.49. The van der Waals surface area contributed by atoms with Crippen LogP contribution >= 0.6 is 0 Å². The first-order valence-corrected chi connectivity index (χ1v) is 5.36. The Morgan fingerprint density at radius 1 is 1.21 bits per heavy atom. The van der Waals surface area contributed by atoms with Crippen molar-refractivity contribution in [3.05, 3.63) is 29.3 Å². The number of fused-ring (bicyclic) bond motifs is 1. The van der Waals surface area contributed by atoms with E-state index in [0.717, 1.165) is 17.6 Å². The van der Waals surface area contributed by atoms with Gasteiger partial charge in [-0.2, -0.15) is 0 Å². The van der Waals surface area contributed by atoms with E-state index in [1.54, 1.807) is 7.11 Å². The van der Waals surface area contributed by atoms with Crippen LogP contribution in [0.5, 0.6) is 5.75 Å². The highest BCUT2D eigenvalue weighted by Crippen LogP contribution is 2.33. The van der Waals surface area contributed by atoms with Crippen molar-refractivity contribution >= 4 is 0 Å². The Balaban J connectivity index is 2.22. The summed E-state index contributed by atoms with van der Waals surface area (Å²) in [6.45, 7) is 4.63. The van der Waals surface area contributed by atoms with Crippen molar-refractivity contribution in [2.75, 3.05) is 7.11 Å². The molecule has 0 N–H and O–H groups in total. The zero-order valence-corrected chi connectivity index (χ0v) is 9.21. The van der Waals surface area contributed by atoms with Gasteiger partial charge >= 0.3 is 0 Å². The minimum absolute atomic E-state index is 0.786. The fourth-order valence-corrected chi connectivity index (χ4v) is 2.23. The Morgan fingerprint density at radius 3 is 2.57 bits per heavy atom. The molecule has 0 radical (unpaired) electrons. The molecule has 1 nitrogen and oxygen atoms in total. The van der Waals surface area contributed by atoms with Crippen LogP contribution < -0.4 is 4.74 Å². The lowest BCUT2D eigenvalue weighted by Crippen LogP contribution is -2.07. The van der Waals surface area contributed by atoms with Crippen molar-refractivity contribution in [3.63, 3.8) is 0 Å². The number of benzene rings is 1. The second-order valence-electron chi connectivity index (χ2n) is 4.55. The maximum absolute atomic E-state index is 5.24. The molecule has 0 amide bonds. The van der Waals surface area contributed by atoms with Crippen molar-refractivity contribution < 1.29 is 4.74 Å². The molecule has 1 atom stereocenters. The van der Waals surface area contributed by atoms with Crippen LogP contribution in [0.15, 0.2) is 18.2 Å². The number of hydrogen-bond donors (Lipinski definition) is 0. The fraction of sp³-hybridized carbons (Fsp3) is 0.538. The smallest absolute Gasteiger partial charge is 0.119 e. The van der Waals surface area contributed by atoms with Gasteiger partial charge in [0.2, 0.25) is 0 Å². The monoisotopic (exact) mass is 190 g/mol. The van der Waals surface area contributed by atoms with E-state index in [-0.39, 0.29) is 0 Å². The normalized spacial score (nSPS) is 19.9. The summed E-state index contributed by atoms with van der Waals surface area (Å²) < 4.78 is 5.24. The van der Waals surface area contributed by atoms with Gasteiger partial charge in [0.1, 0.15) is 5.75 Å². The van der Waals surface area contributed by atoms with Gasteiger partial charge in [-0.3, -0.25) is 0 Å². The van der Waals surface area contributed by atoms with Crippen molar-refractivity contribution in [2.45, 2.75) is 26.7 Å². The third kappa shape index (κ3) is 1.63. The summed E-state index contributed by atoms with van der Waals surface area (Å²) in [6, 6.07) is 6.48. The molecule has 76 valence electrons. The summed E-state index contributed by atoms with van der Waals surface area (Å²) in [6.07, 6.45) is 2.47. The zero-order valence-electron chi connectivity index (χ0n) is 9.21. The minimum Gasteiger partial charge on any atom is -0.497 e. The Morgan fingerprint density at radius 2 is 1.93 bits per heavy atom. The third-order valence-electron chi connectivity index (χ3n) is 3.32.